The minimum Gasteiger partial charge on any atom is -0.387 e. The van der Waals surface area contributed by atoms with E-state index in [2.05, 4.69) is 6.07 Å². The molecule has 0 spiro atoms. The number of benzene rings is 1. The second-order valence-corrected chi connectivity index (χ2v) is 4.49. The van der Waals surface area contributed by atoms with Crippen molar-refractivity contribution in [2.45, 2.75) is 31.8 Å². The molecular formula is C13H13F2NO. The number of hydrogen-bond donors (Lipinski definition) is 1. The highest BCUT2D eigenvalue weighted by atomic mass is 19.3. The van der Waals surface area contributed by atoms with Crippen molar-refractivity contribution in [3.8, 4) is 6.07 Å². The van der Waals surface area contributed by atoms with Gasteiger partial charge < -0.3 is 5.11 Å². The molecular weight excluding hydrogens is 224 g/mol. The van der Waals surface area contributed by atoms with Gasteiger partial charge in [0.2, 0.25) is 0 Å². The highest BCUT2D eigenvalue weighted by molar-refractivity contribution is 5.28. The van der Waals surface area contributed by atoms with Crippen LogP contribution in [-0.2, 0) is 0 Å². The van der Waals surface area contributed by atoms with E-state index in [-0.39, 0.29) is 5.56 Å². The molecule has 1 N–H and O–H groups in total. The van der Waals surface area contributed by atoms with Crippen molar-refractivity contribution in [2.75, 3.05) is 0 Å². The van der Waals surface area contributed by atoms with Gasteiger partial charge in [-0.25, -0.2) is 8.78 Å². The zero-order valence-electron chi connectivity index (χ0n) is 9.24. The third kappa shape index (κ3) is 2.03. The standard InChI is InChI=1S/C13H13F2NO/c14-12(15)10-4-2-9(3-5-10)11(17)13(8-16)6-1-7-13/h2-5,11-12,17H,1,6-7H2. The summed E-state index contributed by atoms with van der Waals surface area (Å²) in [5, 5.41) is 19.2. The average molecular weight is 237 g/mol. The van der Waals surface area contributed by atoms with Gasteiger partial charge in [-0.1, -0.05) is 30.7 Å². The maximum atomic E-state index is 12.4. The smallest absolute Gasteiger partial charge is 0.263 e. The predicted octanol–water partition coefficient (Wildman–Crippen LogP) is 3.35. The van der Waals surface area contributed by atoms with Crippen LogP contribution in [0.1, 0.15) is 42.9 Å². The Balaban J connectivity index is 2.20. The van der Waals surface area contributed by atoms with Crippen LogP contribution >= 0.6 is 0 Å². The zero-order valence-corrected chi connectivity index (χ0v) is 9.24. The lowest BCUT2D eigenvalue weighted by atomic mass is 9.64. The van der Waals surface area contributed by atoms with Gasteiger partial charge in [0, 0.05) is 5.56 Å². The summed E-state index contributed by atoms with van der Waals surface area (Å²) >= 11 is 0. The fourth-order valence-electron chi connectivity index (χ4n) is 2.15. The highest BCUT2D eigenvalue weighted by Gasteiger charge is 2.44. The molecule has 0 aromatic heterocycles. The van der Waals surface area contributed by atoms with Crippen LogP contribution in [0.4, 0.5) is 8.78 Å². The van der Waals surface area contributed by atoms with E-state index in [0.717, 1.165) is 6.42 Å². The zero-order chi connectivity index (χ0) is 12.5. The molecule has 0 saturated heterocycles. The molecule has 0 amide bonds. The van der Waals surface area contributed by atoms with Gasteiger partial charge in [-0.05, 0) is 18.4 Å². The van der Waals surface area contributed by atoms with E-state index < -0.39 is 17.9 Å². The topological polar surface area (TPSA) is 44.0 Å². The molecule has 1 fully saturated rings. The van der Waals surface area contributed by atoms with Gasteiger partial charge in [-0.3, -0.25) is 0 Å². The van der Waals surface area contributed by atoms with E-state index in [1.165, 1.54) is 24.3 Å². The Kier molecular flexibility index (Phi) is 3.12. The van der Waals surface area contributed by atoms with Crippen LogP contribution in [0.2, 0.25) is 0 Å². The second-order valence-electron chi connectivity index (χ2n) is 4.49. The minimum absolute atomic E-state index is 0.0689. The van der Waals surface area contributed by atoms with E-state index in [1.54, 1.807) is 0 Å². The first-order valence-corrected chi connectivity index (χ1v) is 5.56. The molecule has 1 atom stereocenters. The van der Waals surface area contributed by atoms with Crippen LogP contribution < -0.4 is 0 Å². The third-order valence-corrected chi connectivity index (χ3v) is 3.50. The van der Waals surface area contributed by atoms with Crippen molar-refractivity contribution in [2.24, 2.45) is 5.41 Å². The van der Waals surface area contributed by atoms with Crippen LogP contribution in [0.3, 0.4) is 0 Å². The van der Waals surface area contributed by atoms with Crippen LogP contribution in [0, 0.1) is 16.7 Å². The predicted molar refractivity (Wildman–Crippen MR) is 58.3 cm³/mol. The summed E-state index contributed by atoms with van der Waals surface area (Å²) in [7, 11) is 0. The molecule has 0 heterocycles. The molecule has 1 aliphatic carbocycles. The third-order valence-electron chi connectivity index (χ3n) is 3.50. The fraction of sp³-hybridized carbons (Fsp3) is 0.462. The molecule has 90 valence electrons. The number of halogens is 2. The van der Waals surface area contributed by atoms with Gasteiger partial charge in [0.15, 0.2) is 0 Å². The maximum Gasteiger partial charge on any atom is 0.263 e. The molecule has 0 radical (unpaired) electrons. The van der Waals surface area contributed by atoms with E-state index in [0.29, 0.717) is 18.4 Å². The Hall–Kier alpha value is -1.47. The van der Waals surface area contributed by atoms with Gasteiger partial charge in [-0.2, -0.15) is 5.26 Å². The van der Waals surface area contributed by atoms with Crippen LogP contribution in [0.15, 0.2) is 24.3 Å². The van der Waals surface area contributed by atoms with Crippen molar-refractivity contribution < 1.29 is 13.9 Å². The van der Waals surface area contributed by atoms with Crippen molar-refractivity contribution >= 4 is 0 Å². The number of alkyl halides is 2. The summed E-state index contributed by atoms with van der Waals surface area (Å²) in [6.45, 7) is 0. The summed E-state index contributed by atoms with van der Waals surface area (Å²) in [5.74, 6) is 0. The summed E-state index contributed by atoms with van der Waals surface area (Å²) in [5.41, 5.74) is -0.247. The summed E-state index contributed by atoms with van der Waals surface area (Å²) in [6, 6.07) is 7.70. The van der Waals surface area contributed by atoms with Crippen molar-refractivity contribution in [3.05, 3.63) is 35.4 Å². The Morgan fingerprint density at radius 2 is 1.71 bits per heavy atom. The van der Waals surface area contributed by atoms with Crippen LogP contribution in [-0.4, -0.2) is 5.11 Å². The molecule has 1 unspecified atom stereocenters. The van der Waals surface area contributed by atoms with E-state index in [4.69, 9.17) is 5.26 Å². The number of nitrogens with zero attached hydrogens (tertiary/aromatic N) is 1. The van der Waals surface area contributed by atoms with Gasteiger partial charge >= 0.3 is 0 Å². The Bertz CT molecular complexity index is 432. The number of hydrogen-bond acceptors (Lipinski definition) is 2. The number of aliphatic hydroxyl groups is 1. The first kappa shape index (κ1) is 12.0. The Labute approximate surface area is 98.5 Å². The summed E-state index contributed by atoms with van der Waals surface area (Å²) < 4.78 is 24.7. The number of rotatable bonds is 3. The molecule has 1 saturated carbocycles. The Morgan fingerprint density at radius 3 is 2.06 bits per heavy atom. The molecule has 1 aromatic carbocycles. The molecule has 2 rings (SSSR count). The van der Waals surface area contributed by atoms with Gasteiger partial charge in [-0.15, -0.1) is 0 Å². The van der Waals surface area contributed by atoms with Gasteiger partial charge in [0.1, 0.15) is 0 Å². The highest BCUT2D eigenvalue weighted by Crippen LogP contribution is 2.49. The first-order valence-electron chi connectivity index (χ1n) is 5.56. The molecule has 1 aliphatic rings. The number of nitriles is 1. The van der Waals surface area contributed by atoms with Gasteiger partial charge in [0.05, 0.1) is 17.6 Å². The average Bonchev–Trinajstić information content (AvgIpc) is 2.28. The fourth-order valence-corrected chi connectivity index (χ4v) is 2.15. The van der Waals surface area contributed by atoms with Crippen molar-refractivity contribution in [1.82, 2.24) is 0 Å². The molecule has 2 nitrogen and oxygen atoms in total. The minimum atomic E-state index is -2.50. The summed E-state index contributed by atoms with van der Waals surface area (Å²) in [4.78, 5) is 0. The van der Waals surface area contributed by atoms with Crippen LogP contribution in [0.5, 0.6) is 0 Å². The second kappa shape index (κ2) is 4.42. The molecule has 17 heavy (non-hydrogen) atoms. The lowest BCUT2D eigenvalue weighted by molar-refractivity contribution is 0.00789. The summed E-state index contributed by atoms with van der Waals surface area (Å²) in [6.07, 6.45) is -1.12. The monoisotopic (exact) mass is 237 g/mol. The van der Waals surface area contributed by atoms with E-state index in [1.807, 2.05) is 0 Å². The largest absolute Gasteiger partial charge is 0.387 e. The molecule has 1 aromatic rings. The lowest BCUT2D eigenvalue weighted by Crippen LogP contribution is -2.34. The number of aliphatic hydroxyl groups excluding tert-OH is 1. The Morgan fingerprint density at radius 1 is 1.18 bits per heavy atom. The normalized spacial score (nSPS) is 19.5. The van der Waals surface area contributed by atoms with E-state index >= 15 is 0 Å². The molecule has 0 aliphatic heterocycles. The lowest BCUT2D eigenvalue weighted by Gasteiger charge is -2.39. The van der Waals surface area contributed by atoms with Crippen molar-refractivity contribution in [3.63, 3.8) is 0 Å². The molecule has 0 bridgehead atoms. The SMILES string of the molecule is N#CC1(C(O)c2ccc(C(F)F)cc2)CCC1. The van der Waals surface area contributed by atoms with Crippen LogP contribution in [0.25, 0.3) is 0 Å². The van der Waals surface area contributed by atoms with E-state index in [9.17, 15) is 13.9 Å². The quantitative estimate of drug-likeness (QED) is 0.876. The molecule has 4 heteroatoms. The van der Waals surface area contributed by atoms with Gasteiger partial charge in [0.25, 0.3) is 6.43 Å². The van der Waals surface area contributed by atoms with Crippen molar-refractivity contribution in [1.29, 1.82) is 5.26 Å². The maximum absolute atomic E-state index is 12.4. The first-order chi connectivity index (χ1) is 8.09.